The molecular formula is C10H10F3N3O3S. The molecule has 1 aliphatic heterocycles. The molecule has 110 valence electrons. The molecule has 1 saturated heterocycles. The Kier molecular flexibility index (Phi) is 3.69. The van der Waals surface area contributed by atoms with Crippen molar-refractivity contribution < 1.29 is 26.4 Å². The summed E-state index contributed by atoms with van der Waals surface area (Å²) in [4.78, 5) is 14.5. The van der Waals surface area contributed by atoms with Crippen LogP contribution in [0.2, 0.25) is 0 Å². The van der Waals surface area contributed by atoms with Gasteiger partial charge in [-0.05, 0) is 18.6 Å². The van der Waals surface area contributed by atoms with Gasteiger partial charge in [-0.15, -0.1) is 0 Å². The summed E-state index contributed by atoms with van der Waals surface area (Å²) in [5.41, 5.74) is -1.05. The van der Waals surface area contributed by atoms with Crippen LogP contribution in [-0.4, -0.2) is 31.9 Å². The van der Waals surface area contributed by atoms with E-state index in [0.29, 0.717) is 18.8 Å². The molecule has 0 radical (unpaired) electrons. The van der Waals surface area contributed by atoms with Gasteiger partial charge in [-0.3, -0.25) is 4.79 Å². The van der Waals surface area contributed by atoms with Crippen molar-refractivity contribution in [3.63, 3.8) is 0 Å². The average Bonchev–Trinajstić information content (AvgIpc) is 2.73. The van der Waals surface area contributed by atoms with Crippen LogP contribution in [0.1, 0.15) is 12.0 Å². The van der Waals surface area contributed by atoms with Crippen LogP contribution in [-0.2, 0) is 21.0 Å². The molecule has 0 aromatic carbocycles. The summed E-state index contributed by atoms with van der Waals surface area (Å²) in [5, 5.41) is 1.87. The summed E-state index contributed by atoms with van der Waals surface area (Å²) >= 11 is 0. The van der Waals surface area contributed by atoms with Crippen LogP contribution in [0.5, 0.6) is 0 Å². The van der Waals surface area contributed by atoms with Gasteiger partial charge in [-0.2, -0.15) is 17.9 Å². The summed E-state index contributed by atoms with van der Waals surface area (Å²) in [6, 6.07) is 0.443. The molecule has 1 fully saturated rings. The van der Waals surface area contributed by atoms with E-state index in [1.54, 1.807) is 0 Å². The van der Waals surface area contributed by atoms with Gasteiger partial charge in [0.05, 0.1) is 5.56 Å². The number of hydrogen-bond acceptors (Lipinski definition) is 4. The molecular weight excluding hydrogens is 299 g/mol. The zero-order valence-corrected chi connectivity index (χ0v) is 10.8. The molecule has 1 aromatic heterocycles. The molecule has 0 bridgehead atoms. The number of nitrogens with one attached hydrogen (secondary N) is 2. The van der Waals surface area contributed by atoms with Crippen LogP contribution in [0, 0.1) is 0 Å². The van der Waals surface area contributed by atoms with Crippen molar-refractivity contribution in [2.75, 3.05) is 6.54 Å². The number of carbonyl (C=O) groups excluding carboxylic acids is 1. The highest BCUT2D eigenvalue weighted by Gasteiger charge is 2.33. The topological polar surface area (TPSA) is 88.2 Å². The maximum absolute atomic E-state index is 12.3. The summed E-state index contributed by atoms with van der Waals surface area (Å²) in [7, 11) is -4.13. The SMILES string of the molecule is O=C1NCCC1NS(=O)(=O)c1ccc(C(F)(F)F)cn1. The number of sulfonamides is 1. The monoisotopic (exact) mass is 309 g/mol. The first-order chi connectivity index (χ1) is 9.20. The van der Waals surface area contributed by atoms with E-state index in [1.807, 2.05) is 0 Å². The van der Waals surface area contributed by atoms with Gasteiger partial charge in [0.1, 0.15) is 6.04 Å². The van der Waals surface area contributed by atoms with Gasteiger partial charge in [0.2, 0.25) is 5.91 Å². The smallest absolute Gasteiger partial charge is 0.355 e. The number of pyridine rings is 1. The van der Waals surface area contributed by atoms with Crippen LogP contribution < -0.4 is 10.0 Å². The van der Waals surface area contributed by atoms with E-state index in [2.05, 4.69) is 15.0 Å². The van der Waals surface area contributed by atoms with Crippen LogP contribution in [0.3, 0.4) is 0 Å². The number of alkyl halides is 3. The second-order valence-electron chi connectivity index (χ2n) is 4.14. The number of nitrogens with zero attached hydrogens (tertiary/aromatic N) is 1. The summed E-state index contributed by atoms with van der Waals surface area (Å²) in [6.45, 7) is 0.340. The maximum atomic E-state index is 12.3. The highest BCUT2D eigenvalue weighted by molar-refractivity contribution is 7.89. The van der Waals surface area contributed by atoms with Gasteiger partial charge in [-0.25, -0.2) is 13.4 Å². The van der Waals surface area contributed by atoms with Gasteiger partial charge >= 0.3 is 6.18 Å². The van der Waals surface area contributed by atoms with Gasteiger partial charge in [0.15, 0.2) is 5.03 Å². The van der Waals surface area contributed by atoms with Gasteiger partial charge in [-0.1, -0.05) is 0 Å². The Bertz CT molecular complexity index is 613. The lowest BCUT2D eigenvalue weighted by Gasteiger charge is -2.11. The molecule has 1 amide bonds. The molecule has 10 heteroatoms. The van der Waals surface area contributed by atoms with Crippen LogP contribution in [0.4, 0.5) is 13.2 Å². The lowest BCUT2D eigenvalue weighted by atomic mass is 10.3. The first-order valence-electron chi connectivity index (χ1n) is 5.53. The summed E-state index contributed by atoms with van der Waals surface area (Å²) < 4.78 is 62.8. The first-order valence-corrected chi connectivity index (χ1v) is 7.02. The third-order valence-electron chi connectivity index (χ3n) is 2.69. The van der Waals surface area contributed by atoms with Crippen LogP contribution in [0.25, 0.3) is 0 Å². The van der Waals surface area contributed by atoms with E-state index in [1.165, 1.54) is 0 Å². The van der Waals surface area contributed by atoms with E-state index < -0.39 is 38.7 Å². The van der Waals surface area contributed by atoms with E-state index >= 15 is 0 Å². The maximum Gasteiger partial charge on any atom is 0.417 e. The Labute approximate surface area is 112 Å². The Morgan fingerprint density at radius 2 is 2.05 bits per heavy atom. The molecule has 1 aromatic rings. The van der Waals surface area contributed by atoms with E-state index in [-0.39, 0.29) is 6.42 Å². The first kappa shape index (κ1) is 14.7. The molecule has 1 unspecified atom stereocenters. The third-order valence-corrected chi connectivity index (χ3v) is 4.07. The lowest BCUT2D eigenvalue weighted by molar-refractivity contribution is -0.137. The Hall–Kier alpha value is -1.68. The highest BCUT2D eigenvalue weighted by atomic mass is 32.2. The predicted molar refractivity (Wildman–Crippen MR) is 61.0 cm³/mol. The zero-order chi connectivity index (χ0) is 15.0. The number of carbonyl (C=O) groups is 1. The molecule has 2 heterocycles. The Balaban J connectivity index is 2.19. The third kappa shape index (κ3) is 3.07. The number of hydrogen-bond donors (Lipinski definition) is 2. The molecule has 0 saturated carbocycles. The standard InChI is InChI=1S/C10H10F3N3O3S/c11-10(12,13)6-1-2-8(15-5-6)20(18,19)16-7-3-4-14-9(7)17/h1-2,5,7,16H,3-4H2,(H,14,17). The van der Waals surface area contributed by atoms with E-state index in [9.17, 15) is 26.4 Å². The molecule has 0 aliphatic carbocycles. The van der Waals surface area contributed by atoms with Crippen molar-refractivity contribution in [3.05, 3.63) is 23.9 Å². The molecule has 2 rings (SSSR count). The summed E-state index contributed by atoms with van der Waals surface area (Å²) in [5.74, 6) is -0.472. The van der Waals surface area contributed by atoms with Crippen molar-refractivity contribution >= 4 is 15.9 Å². The van der Waals surface area contributed by atoms with E-state index in [0.717, 1.165) is 6.07 Å². The largest absolute Gasteiger partial charge is 0.417 e. The second kappa shape index (κ2) is 5.02. The van der Waals surface area contributed by atoms with Crippen molar-refractivity contribution in [2.24, 2.45) is 0 Å². The fourth-order valence-corrected chi connectivity index (χ4v) is 2.82. The van der Waals surface area contributed by atoms with Crippen molar-refractivity contribution in [1.82, 2.24) is 15.0 Å². The van der Waals surface area contributed by atoms with Crippen molar-refractivity contribution in [3.8, 4) is 0 Å². The number of halogens is 3. The molecule has 1 atom stereocenters. The van der Waals surface area contributed by atoms with E-state index in [4.69, 9.17) is 0 Å². The van der Waals surface area contributed by atoms with Gasteiger partial charge in [0.25, 0.3) is 10.0 Å². The minimum Gasteiger partial charge on any atom is -0.355 e. The zero-order valence-electron chi connectivity index (χ0n) is 9.94. The minimum atomic E-state index is -4.59. The molecule has 0 spiro atoms. The highest BCUT2D eigenvalue weighted by Crippen LogP contribution is 2.28. The molecule has 2 N–H and O–H groups in total. The van der Waals surface area contributed by atoms with Crippen molar-refractivity contribution in [2.45, 2.75) is 23.7 Å². The molecule has 20 heavy (non-hydrogen) atoms. The average molecular weight is 309 g/mol. The molecule has 6 nitrogen and oxygen atoms in total. The minimum absolute atomic E-state index is 0.276. The number of amides is 1. The quantitative estimate of drug-likeness (QED) is 0.839. The van der Waals surface area contributed by atoms with Gasteiger partial charge < -0.3 is 5.32 Å². The van der Waals surface area contributed by atoms with Crippen LogP contribution in [0.15, 0.2) is 23.4 Å². The van der Waals surface area contributed by atoms with Crippen LogP contribution >= 0.6 is 0 Å². The fourth-order valence-electron chi connectivity index (χ4n) is 1.66. The number of rotatable bonds is 3. The Morgan fingerprint density at radius 3 is 2.50 bits per heavy atom. The van der Waals surface area contributed by atoms with Gasteiger partial charge in [0, 0.05) is 12.7 Å². The lowest BCUT2D eigenvalue weighted by Crippen LogP contribution is -2.40. The second-order valence-corrected chi connectivity index (χ2v) is 5.80. The summed E-state index contributed by atoms with van der Waals surface area (Å²) in [6.07, 6.45) is -3.88. The van der Waals surface area contributed by atoms with Crippen molar-refractivity contribution in [1.29, 1.82) is 0 Å². The normalized spacial score (nSPS) is 19.9. The molecule has 1 aliphatic rings. The fraction of sp³-hybridized carbons (Fsp3) is 0.400. The Morgan fingerprint density at radius 1 is 1.35 bits per heavy atom. The number of aromatic nitrogens is 1. The predicted octanol–water partition coefficient (Wildman–Crippen LogP) is 0.267.